The molecule has 0 aliphatic heterocycles. The number of hydrogen-bond acceptors (Lipinski definition) is 5. The van der Waals surface area contributed by atoms with Gasteiger partial charge in [0.1, 0.15) is 6.10 Å². The van der Waals surface area contributed by atoms with Crippen LogP contribution in [-0.2, 0) is 6.42 Å². The topological polar surface area (TPSA) is 107 Å². The van der Waals surface area contributed by atoms with Gasteiger partial charge in [0.25, 0.3) is 0 Å². The molecule has 0 saturated carbocycles. The largest absolute Gasteiger partial charge is 0.395 e. The number of rotatable bonds is 5. The monoisotopic (exact) mass is 243 g/mol. The molecule has 0 spiro atoms. The predicted octanol–water partition coefficient (Wildman–Crippen LogP) is -1.12. The number of nitrogens with two attached hydrogens (primary N) is 1. The molecule has 0 radical (unpaired) electrons. The molecule has 17 heavy (non-hydrogen) atoms. The minimum Gasteiger partial charge on any atom is -0.395 e. The average Bonchev–Trinajstić information content (AvgIpc) is 2.39. The summed E-state index contributed by atoms with van der Waals surface area (Å²) in [7, 11) is 0. The van der Waals surface area contributed by atoms with E-state index in [1.807, 2.05) is 30.3 Å². The Hall–Kier alpha value is -0.980. The van der Waals surface area contributed by atoms with E-state index in [9.17, 15) is 0 Å². The Morgan fingerprint density at radius 3 is 1.82 bits per heavy atom. The summed E-state index contributed by atoms with van der Waals surface area (Å²) in [6.07, 6.45) is -0.206. The van der Waals surface area contributed by atoms with Crippen molar-refractivity contribution in [3.63, 3.8) is 0 Å². The SMILES string of the molecule is NC(CO)Cc1ccccc1.OCC(O)CO. The first-order valence-corrected chi connectivity index (χ1v) is 5.44. The van der Waals surface area contributed by atoms with Gasteiger partial charge in [0.2, 0.25) is 0 Å². The number of aliphatic hydroxyl groups is 4. The summed E-state index contributed by atoms with van der Waals surface area (Å²) in [4.78, 5) is 0. The van der Waals surface area contributed by atoms with Crippen molar-refractivity contribution in [1.82, 2.24) is 0 Å². The van der Waals surface area contributed by atoms with Gasteiger partial charge in [-0.3, -0.25) is 0 Å². The van der Waals surface area contributed by atoms with E-state index in [1.54, 1.807) is 0 Å². The van der Waals surface area contributed by atoms with Gasteiger partial charge in [-0.15, -0.1) is 0 Å². The van der Waals surface area contributed by atoms with Crippen LogP contribution in [0.5, 0.6) is 0 Å². The van der Waals surface area contributed by atoms with Crippen molar-refractivity contribution in [2.24, 2.45) is 5.73 Å². The van der Waals surface area contributed by atoms with Crippen LogP contribution < -0.4 is 5.73 Å². The Kier molecular flexibility index (Phi) is 9.60. The number of aliphatic hydroxyl groups excluding tert-OH is 4. The summed E-state index contributed by atoms with van der Waals surface area (Å²) >= 11 is 0. The Bertz CT molecular complexity index is 264. The van der Waals surface area contributed by atoms with Crippen molar-refractivity contribution >= 4 is 0 Å². The van der Waals surface area contributed by atoms with Gasteiger partial charge < -0.3 is 26.2 Å². The molecule has 0 aliphatic carbocycles. The first-order valence-electron chi connectivity index (χ1n) is 5.44. The molecular formula is C12H21NO4. The molecule has 0 saturated heterocycles. The van der Waals surface area contributed by atoms with Gasteiger partial charge in [-0.1, -0.05) is 30.3 Å². The van der Waals surface area contributed by atoms with E-state index in [0.29, 0.717) is 0 Å². The van der Waals surface area contributed by atoms with Crippen molar-refractivity contribution in [2.75, 3.05) is 19.8 Å². The average molecular weight is 243 g/mol. The first kappa shape index (κ1) is 16.0. The Morgan fingerprint density at radius 2 is 1.47 bits per heavy atom. The van der Waals surface area contributed by atoms with Gasteiger partial charge in [0, 0.05) is 6.04 Å². The standard InChI is InChI=1S/C9H13NO.C3H8O3/c10-9(7-11)6-8-4-2-1-3-5-8;4-1-3(6)2-5/h1-5,9,11H,6-7,10H2;3-6H,1-2H2. The molecule has 0 amide bonds. The van der Waals surface area contributed by atoms with Crippen LogP contribution in [0.1, 0.15) is 5.56 Å². The molecule has 1 unspecified atom stereocenters. The molecule has 0 fully saturated rings. The zero-order chi connectivity index (χ0) is 13.1. The van der Waals surface area contributed by atoms with Crippen molar-refractivity contribution in [2.45, 2.75) is 18.6 Å². The van der Waals surface area contributed by atoms with Gasteiger partial charge in [0.05, 0.1) is 19.8 Å². The quantitative estimate of drug-likeness (QED) is 0.450. The van der Waals surface area contributed by atoms with Gasteiger partial charge in [0.15, 0.2) is 0 Å². The lowest BCUT2D eigenvalue weighted by atomic mass is 10.1. The molecule has 0 bridgehead atoms. The third kappa shape index (κ3) is 8.79. The molecule has 5 heteroatoms. The van der Waals surface area contributed by atoms with Crippen molar-refractivity contribution in [3.05, 3.63) is 35.9 Å². The van der Waals surface area contributed by atoms with E-state index in [2.05, 4.69) is 0 Å². The molecule has 0 aromatic heterocycles. The molecule has 5 nitrogen and oxygen atoms in total. The summed E-state index contributed by atoms with van der Waals surface area (Å²) in [5.74, 6) is 0. The minimum absolute atomic E-state index is 0.0505. The maximum atomic E-state index is 8.67. The summed E-state index contributed by atoms with van der Waals surface area (Å²) in [5.41, 5.74) is 6.73. The molecule has 0 aliphatic rings. The zero-order valence-corrected chi connectivity index (χ0v) is 9.74. The molecule has 6 N–H and O–H groups in total. The van der Waals surface area contributed by atoms with E-state index < -0.39 is 6.10 Å². The van der Waals surface area contributed by atoms with Crippen LogP contribution in [0.3, 0.4) is 0 Å². The summed E-state index contributed by atoms with van der Waals surface area (Å²) in [6, 6.07) is 9.80. The minimum atomic E-state index is -0.954. The molecule has 1 rings (SSSR count). The fourth-order valence-electron chi connectivity index (χ4n) is 1.04. The van der Waals surface area contributed by atoms with Crippen molar-refractivity contribution < 1.29 is 20.4 Å². The molecule has 0 heterocycles. The lowest BCUT2D eigenvalue weighted by Gasteiger charge is -2.06. The fraction of sp³-hybridized carbons (Fsp3) is 0.500. The highest BCUT2D eigenvalue weighted by atomic mass is 16.3. The molecule has 1 atom stereocenters. The normalized spacial score (nSPS) is 11.9. The Labute approximate surface area is 101 Å². The van der Waals surface area contributed by atoms with Crippen molar-refractivity contribution in [3.8, 4) is 0 Å². The van der Waals surface area contributed by atoms with Crippen LogP contribution in [0.15, 0.2) is 30.3 Å². The zero-order valence-electron chi connectivity index (χ0n) is 9.74. The summed E-state index contributed by atoms with van der Waals surface area (Å²) < 4.78 is 0. The van der Waals surface area contributed by atoms with Gasteiger partial charge >= 0.3 is 0 Å². The Balaban J connectivity index is 0.000000366. The number of hydrogen-bond donors (Lipinski definition) is 5. The number of benzene rings is 1. The maximum absolute atomic E-state index is 8.67. The van der Waals surface area contributed by atoms with Crippen LogP contribution in [0, 0.1) is 0 Å². The highest BCUT2D eigenvalue weighted by Crippen LogP contribution is 2.00. The van der Waals surface area contributed by atoms with Crippen LogP contribution in [-0.4, -0.2) is 52.4 Å². The summed E-state index contributed by atoms with van der Waals surface area (Å²) in [6.45, 7) is -0.679. The molecule has 1 aromatic carbocycles. The van der Waals surface area contributed by atoms with E-state index in [1.165, 1.54) is 5.56 Å². The van der Waals surface area contributed by atoms with E-state index >= 15 is 0 Å². The van der Waals surface area contributed by atoms with E-state index in [0.717, 1.165) is 6.42 Å². The third-order valence-corrected chi connectivity index (χ3v) is 2.00. The molecular weight excluding hydrogens is 222 g/mol. The van der Waals surface area contributed by atoms with Gasteiger partial charge in [-0.25, -0.2) is 0 Å². The molecule has 1 aromatic rings. The second kappa shape index (κ2) is 10.2. The van der Waals surface area contributed by atoms with Crippen LogP contribution in [0.25, 0.3) is 0 Å². The Morgan fingerprint density at radius 1 is 0.941 bits per heavy atom. The van der Waals surface area contributed by atoms with Gasteiger partial charge in [-0.05, 0) is 12.0 Å². The second-order valence-corrected chi connectivity index (χ2v) is 3.65. The van der Waals surface area contributed by atoms with Crippen LogP contribution >= 0.6 is 0 Å². The van der Waals surface area contributed by atoms with E-state index in [-0.39, 0.29) is 25.9 Å². The van der Waals surface area contributed by atoms with E-state index in [4.69, 9.17) is 26.2 Å². The van der Waals surface area contributed by atoms with Crippen LogP contribution in [0.4, 0.5) is 0 Å². The van der Waals surface area contributed by atoms with Crippen LogP contribution in [0.2, 0.25) is 0 Å². The first-order chi connectivity index (χ1) is 8.13. The van der Waals surface area contributed by atoms with Gasteiger partial charge in [-0.2, -0.15) is 0 Å². The lowest BCUT2D eigenvalue weighted by molar-refractivity contribution is 0.0450. The fourth-order valence-corrected chi connectivity index (χ4v) is 1.04. The second-order valence-electron chi connectivity index (χ2n) is 3.65. The smallest absolute Gasteiger partial charge is 0.100 e. The highest BCUT2D eigenvalue weighted by molar-refractivity contribution is 5.15. The van der Waals surface area contributed by atoms with Crippen molar-refractivity contribution in [1.29, 1.82) is 0 Å². The highest BCUT2D eigenvalue weighted by Gasteiger charge is 2.00. The third-order valence-electron chi connectivity index (χ3n) is 2.00. The predicted molar refractivity (Wildman–Crippen MR) is 65.4 cm³/mol. The molecule has 98 valence electrons. The maximum Gasteiger partial charge on any atom is 0.100 e. The lowest BCUT2D eigenvalue weighted by Crippen LogP contribution is -2.26. The summed E-state index contributed by atoms with van der Waals surface area (Å²) in [5, 5.41) is 32.7.